The number of benzene rings is 3. The molecule has 0 aliphatic carbocycles. The summed E-state index contributed by atoms with van der Waals surface area (Å²) in [5.41, 5.74) is 2.93. The lowest BCUT2D eigenvalue weighted by Crippen LogP contribution is -2.16. The van der Waals surface area contributed by atoms with E-state index in [9.17, 15) is 13.2 Å². The molecule has 0 saturated heterocycles. The number of nitrogens with one attached hydrogen (secondary N) is 3. The summed E-state index contributed by atoms with van der Waals surface area (Å²) in [5, 5.41) is 18.3. The largest absolute Gasteiger partial charge is 0.340 e. The van der Waals surface area contributed by atoms with Gasteiger partial charge in [0.2, 0.25) is 0 Å². The van der Waals surface area contributed by atoms with Crippen LogP contribution in [0.15, 0.2) is 88.4 Å². The van der Waals surface area contributed by atoms with E-state index in [-0.39, 0.29) is 10.8 Å². The number of aromatic amines is 1. The molecule has 0 fully saturated rings. The van der Waals surface area contributed by atoms with Crippen molar-refractivity contribution in [3.63, 3.8) is 0 Å². The normalized spacial score (nSPS) is 11.6. The molecule has 3 aromatic heterocycles. The number of para-hydroxylation sites is 1. The second kappa shape index (κ2) is 9.60. The highest BCUT2D eigenvalue weighted by Gasteiger charge is 2.20. The minimum atomic E-state index is -3.93. The third-order valence-electron chi connectivity index (χ3n) is 6.25. The summed E-state index contributed by atoms with van der Waals surface area (Å²) < 4.78 is 31.7. The molecule has 6 aromatic rings. The predicted octanol–water partition coefficient (Wildman–Crippen LogP) is 4.72. The summed E-state index contributed by atoms with van der Waals surface area (Å²) in [6.07, 6.45) is 1.56. The van der Waals surface area contributed by atoms with Crippen LogP contribution in [0.2, 0.25) is 0 Å². The van der Waals surface area contributed by atoms with E-state index in [1.807, 2.05) is 12.1 Å². The van der Waals surface area contributed by atoms with Crippen molar-refractivity contribution >= 4 is 65.0 Å². The summed E-state index contributed by atoms with van der Waals surface area (Å²) in [5.74, 6) is 0.0515. The topological polar surface area (TPSA) is 148 Å². The molecule has 0 saturated carbocycles. The van der Waals surface area contributed by atoms with E-state index in [0.29, 0.717) is 39.5 Å². The molecule has 6 rings (SSSR count). The quantitative estimate of drug-likeness (QED) is 0.250. The molecule has 0 radical (unpaired) electrons. The Kier molecular flexibility index (Phi) is 6.08. The number of nitrogens with zero attached hydrogens (tertiary/aromatic N) is 5. The van der Waals surface area contributed by atoms with Gasteiger partial charge in [0.1, 0.15) is 10.6 Å². The number of hydrogen-bond acceptors (Lipinski definition) is 7. The van der Waals surface area contributed by atoms with Crippen molar-refractivity contribution in [2.24, 2.45) is 7.05 Å². The van der Waals surface area contributed by atoms with Crippen LogP contribution >= 0.6 is 15.9 Å². The van der Waals surface area contributed by atoms with Crippen LogP contribution < -0.4 is 10.0 Å². The Morgan fingerprint density at radius 2 is 1.85 bits per heavy atom. The average Bonchev–Trinajstić information content (AvgIpc) is 3.58. The molecule has 11 nitrogen and oxygen atoms in total. The van der Waals surface area contributed by atoms with Crippen LogP contribution in [0.4, 0.5) is 11.4 Å². The molecular weight excluding hydrogens is 584 g/mol. The number of fused-ring (bicyclic) bond motifs is 2. The van der Waals surface area contributed by atoms with Gasteiger partial charge in [-0.1, -0.05) is 40.2 Å². The Bertz CT molecular complexity index is 1980. The van der Waals surface area contributed by atoms with Crippen molar-refractivity contribution in [3.8, 4) is 11.4 Å². The van der Waals surface area contributed by atoms with E-state index in [1.54, 1.807) is 72.4 Å². The Morgan fingerprint density at radius 1 is 1.00 bits per heavy atom. The lowest BCUT2D eigenvalue weighted by Gasteiger charge is -2.11. The van der Waals surface area contributed by atoms with Crippen LogP contribution in [-0.2, 0) is 17.1 Å². The van der Waals surface area contributed by atoms with E-state index in [1.165, 1.54) is 6.07 Å². The number of halogens is 1. The number of pyridine rings is 1. The molecule has 1 amide bonds. The van der Waals surface area contributed by atoms with Crippen LogP contribution in [0.5, 0.6) is 0 Å². The molecule has 0 aliphatic heterocycles. The number of hydrogen-bond donors (Lipinski definition) is 3. The predicted molar refractivity (Wildman–Crippen MR) is 151 cm³/mol. The Hall–Kier alpha value is -4.62. The lowest BCUT2D eigenvalue weighted by atomic mass is 10.1. The molecular formula is C26H19BrN8O3S. The highest BCUT2D eigenvalue weighted by Crippen LogP contribution is 2.30. The number of aromatic nitrogens is 6. The van der Waals surface area contributed by atoms with Gasteiger partial charge in [-0.05, 0) is 59.0 Å². The highest BCUT2D eigenvalue weighted by molar-refractivity contribution is 9.10. The third-order valence-corrected chi connectivity index (χ3v) is 8.15. The van der Waals surface area contributed by atoms with Crippen LogP contribution in [-0.4, -0.2) is 44.5 Å². The molecule has 0 spiro atoms. The summed E-state index contributed by atoms with van der Waals surface area (Å²) in [6.45, 7) is 0. The monoisotopic (exact) mass is 602 g/mol. The number of tetrazole rings is 1. The van der Waals surface area contributed by atoms with E-state index in [0.717, 1.165) is 15.2 Å². The van der Waals surface area contributed by atoms with Crippen molar-refractivity contribution in [1.29, 1.82) is 0 Å². The lowest BCUT2D eigenvalue weighted by molar-refractivity contribution is 0.101. The third kappa shape index (κ3) is 4.62. The van der Waals surface area contributed by atoms with Crippen LogP contribution in [0.1, 0.15) is 10.5 Å². The van der Waals surface area contributed by atoms with Crippen molar-refractivity contribution in [1.82, 2.24) is 30.2 Å². The van der Waals surface area contributed by atoms with Gasteiger partial charge in [-0.3, -0.25) is 14.5 Å². The van der Waals surface area contributed by atoms with Gasteiger partial charge in [0, 0.05) is 34.1 Å². The molecule has 194 valence electrons. The number of amides is 1. The summed E-state index contributed by atoms with van der Waals surface area (Å²) >= 11 is 3.43. The van der Waals surface area contributed by atoms with Gasteiger partial charge in [0.15, 0.2) is 5.82 Å². The maximum Gasteiger partial charge on any atom is 0.272 e. The number of carbonyl (C=O) groups is 1. The van der Waals surface area contributed by atoms with E-state index < -0.39 is 10.0 Å². The second-order valence-electron chi connectivity index (χ2n) is 8.69. The first-order valence-electron chi connectivity index (χ1n) is 11.6. The molecule has 3 aromatic carbocycles. The first-order chi connectivity index (χ1) is 18.8. The summed E-state index contributed by atoms with van der Waals surface area (Å²) in [6, 6.07) is 20.8. The molecule has 0 bridgehead atoms. The molecule has 13 heteroatoms. The molecule has 3 heterocycles. The van der Waals surface area contributed by atoms with Crippen molar-refractivity contribution in [3.05, 3.63) is 89.2 Å². The number of rotatable bonds is 6. The van der Waals surface area contributed by atoms with Crippen molar-refractivity contribution in [2.45, 2.75) is 4.90 Å². The van der Waals surface area contributed by atoms with Gasteiger partial charge in [-0.25, -0.2) is 13.5 Å². The minimum Gasteiger partial charge on any atom is -0.340 e. The fraction of sp³-hybridized carbons (Fsp3) is 0.0385. The molecule has 0 aliphatic rings. The number of H-pyrrole nitrogens is 1. The average molecular weight is 603 g/mol. The standard InChI is InChI=1S/C26H19BrN8O3S/c1-35-21-14-18(32-39(37,38)23-6-2-4-15-5-3-11-28-24(15)23)9-7-16(21)12-22(35)26(36)29-20-10-8-17(27)13-19(20)25-30-33-34-31-25/h2-14,32H,1H3,(H,29,36)(H,30,31,33,34). The Balaban J connectivity index is 1.31. The smallest absolute Gasteiger partial charge is 0.272 e. The fourth-order valence-corrected chi connectivity index (χ4v) is 5.99. The summed E-state index contributed by atoms with van der Waals surface area (Å²) in [4.78, 5) is 17.6. The number of aryl methyl sites for hydroxylation is 1. The SMILES string of the molecule is Cn1c(C(=O)Nc2ccc(Br)cc2-c2nnn[nH]2)cc2ccc(NS(=O)(=O)c3cccc4cccnc34)cc21. The fourth-order valence-electron chi connectivity index (χ4n) is 4.40. The number of carbonyl (C=O) groups excluding carboxylic acids is 1. The maximum atomic E-state index is 13.3. The summed E-state index contributed by atoms with van der Waals surface area (Å²) in [7, 11) is -2.18. The molecule has 3 N–H and O–H groups in total. The zero-order valence-corrected chi connectivity index (χ0v) is 22.7. The van der Waals surface area contributed by atoms with Gasteiger partial charge < -0.3 is 9.88 Å². The van der Waals surface area contributed by atoms with E-state index >= 15 is 0 Å². The van der Waals surface area contributed by atoms with Gasteiger partial charge in [0.25, 0.3) is 15.9 Å². The van der Waals surface area contributed by atoms with Crippen molar-refractivity contribution < 1.29 is 13.2 Å². The minimum absolute atomic E-state index is 0.0832. The van der Waals surface area contributed by atoms with E-state index in [2.05, 4.69) is 51.6 Å². The molecule has 39 heavy (non-hydrogen) atoms. The number of sulfonamides is 1. The zero-order valence-electron chi connectivity index (χ0n) is 20.3. The van der Waals surface area contributed by atoms with Gasteiger partial charge in [-0.15, -0.1) is 5.10 Å². The van der Waals surface area contributed by atoms with Gasteiger partial charge in [0.05, 0.1) is 22.4 Å². The van der Waals surface area contributed by atoms with Crippen LogP contribution in [0.3, 0.4) is 0 Å². The first kappa shape index (κ1) is 24.7. The second-order valence-corrected chi connectivity index (χ2v) is 11.3. The van der Waals surface area contributed by atoms with Crippen LogP contribution in [0.25, 0.3) is 33.2 Å². The van der Waals surface area contributed by atoms with Gasteiger partial charge >= 0.3 is 0 Å². The van der Waals surface area contributed by atoms with Crippen molar-refractivity contribution in [2.75, 3.05) is 10.0 Å². The first-order valence-corrected chi connectivity index (χ1v) is 13.9. The Labute approximate surface area is 230 Å². The van der Waals surface area contributed by atoms with Gasteiger partial charge in [-0.2, -0.15) is 0 Å². The highest BCUT2D eigenvalue weighted by atomic mass is 79.9. The molecule has 0 unspecified atom stereocenters. The molecule has 0 atom stereocenters. The zero-order chi connectivity index (χ0) is 27.1. The van der Waals surface area contributed by atoms with Crippen LogP contribution in [0, 0.1) is 0 Å². The van der Waals surface area contributed by atoms with E-state index in [4.69, 9.17) is 0 Å². The maximum absolute atomic E-state index is 13.3. The number of anilines is 2. The Morgan fingerprint density at radius 3 is 2.67 bits per heavy atom.